The molecule has 3 heteroatoms. The molecule has 0 saturated carbocycles. The van der Waals surface area contributed by atoms with Gasteiger partial charge in [-0.3, -0.25) is 4.79 Å². The van der Waals surface area contributed by atoms with Crippen LogP contribution in [0.4, 0.5) is 0 Å². The monoisotopic (exact) mass is 204 g/mol. The van der Waals surface area contributed by atoms with Gasteiger partial charge >= 0.3 is 5.97 Å². The van der Waals surface area contributed by atoms with Crippen LogP contribution in [0, 0.1) is 0 Å². The summed E-state index contributed by atoms with van der Waals surface area (Å²) in [7, 11) is 0. The number of carbonyl (C=O) groups is 1. The molecule has 0 aliphatic heterocycles. The number of carboxylic acids is 1. The Kier molecular flexibility index (Phi) is 2.72. The van der Waals surface area contributed by atoms with Crippen molar-refractivity contribution in [1.82, 2.24) is 0 Å². The lowest BCUT2D eigenvalue weighted by molar-refractivity contribution is -0.137. The number of aliphatic carboxylic acids is 1. The molecule has 15 heavy (non-hydrogen) atoms. The molecule has 1 aromatic heterocycles. The Morgan fingerprint density at radius 1 is 1.33 bits per heavy atom. The standard InChI is InChI=1S/C12H12O3/c13-12(14)7-3-5-10-8-9-4-1-2-6-11(9)15-10/h1-2,4,6,8H,3,5,7H2,(H,13,14). The smallest absolute Gasteiger partial charge is 0.303 e. The third-order valence-electron chi connectivity index (χ3n) is 2.29. The number of hydrogen-bond donors (Lipinski definition) is 1. The summed E-state index contributed by atoms with van der Waals surface area (Å²) in [6, 6.07) is 9.75. The average Bonchev–Trinajstić information content (AvgIpc) is 2.59. The number of carboxylic acid groups (broad SMARTS) is 1. The molecule has 3 nitrogen and oxygen atoms in total. The van der Waals surface area contributed by atoms with Crippen LogP contribution in [-0.2, 0) is 11.2 Å². The van der Waals surface area contributed by atoms with Crippen molar-refractivity contribution >= 4 is 16.9 Å². The van der Waals surface area contributed by atoms with E-state index < -0.39 is 5.97 Å². The van der Waals surface area contributed by atoms with Gasteiger partial charge in [0.05, 0.1) is 0 Å². The number of furan rings is 1. The van der Waals surface area contributed by atoms with Crippen molar-refractivity contribution in [2.75, 3.05) is 0 Å². The van der Waals surface area contributed by atoms with Gasteiger partial charge in [-0.15, -0.1) is 0 Å². The van der Waals surface area contributed by atoms with Crippen LogP contribution in [0.15, 0.2) is 34.7 Å². The van der Waals surface area contributed by atoms with Crippen LogP contribution in [0.5, 0.6) is 0 Å². The Bertz CT molecular complexity index is 437. The lowest BCUT2D eigenvalue weighted by Gasteiger charge is -1.92. The first-order valence-electron chi connectivity index (χ1n) is 4.95. The number of benzene rings is 1. The molecule has 0 amide bonds. The summed E-state index contributed by atoms with van der Waals surface area (Å²) in [5, 5.41) is 9.57. The van der Waals surface area contributed by atoms with Gasteiger partial charge in [-0.2, -0.15) is 0 Å². The van der Waals surface area contributed by atoms with Gasteiger partial charge in [-0.05, 0) is 18.6 Å². The van der Waals surface area contributed by atoms with Crippen molar-refractivity contribution in [2.45, 2.75) is 19.3 Å². The van der Waals surface area contributed by atoms with Crippen LogP contribution >= 0.6 is 0 Å². The van der Waals surface area contributed by atoms with Gasteiger partial charge in [-0.25, -0.2) is 0 Å². The lowest BCUT2D eigenvalue weighted by Crippen LogP contribution is -1.94. The SMILES string of the molecule is O=C(O)CCCc1cc2ccccc2o1. The maximum Gasteiger partial charge on any atom is 0.303 e. The molecule has 1 N–H and O–H groups in total. The number of fused-ring (bicyclic) bond motifs is 1. The molecule has 2 rings (SSSR count). The highest BCUT2D eigenvalue weighted by Crippen LogP contribution is 2.19. The lowest BCUT2D eigenvalue weighted by atomic mass is 10.2. The maximum atomic E-state index is 10.3. The van der Waals surface area contributed by atoms with Crippen molar-refractivity contribution in [3.8, 4) is 0 Å². The van der Waals surface area contributed by atoms with Gasteiger partial charge in [0.25, 0.3) is 0 Å². The molecule has 0 atom stereocenters. The highest BCUT2D eigenvalue weighted by atomic mass is 16.4. The van der Waals surface area contributed by atoms with Crippen LogP contribution in [-0.4, -0.2) is 11.1 Å². The minimum atomic E-state index is -0.758. The minimum Gasteiger partial charge on any atom is -0.481 e. The van der Waals surface area contributed by atoms with Gasteiger partial charge in [0.15, 0.2) is 0 Å². The summed E-state index contributed by atoms with van der Waals surface area (Å²) in [5.74, 6) is 0.101. The molecule has 1 heterocycles. The molecule has 1 aromatic carbocycles. The molecule has 0 spiro atoms. The summed E-state index contributed by atoms with van der Waals surface area (Å²) < 4.78 is 5.56. The first-order valence-corrected chi connectivity index (χ1v) is 4.95. The normalized spacial score (nSPS) is 10.7. The van der Waals surface area contributed by atoms with Crippen molar-refractivity contribution in [1.29, 1.82) is 0 Å². The van der Waals surface area contributed by atoms with E-state index in [4.69, 9.17) is 9.52 Å². The molecule has 0 saturated heterocycles. The first-order chi connectivity index (χ1) is 7.25. The zero-order valence-corrected chi connectivity index (χ0v) is 8.27. The quantitative estimate of drug-likeness (QED) is 0.833. The summed E-state index contributed by atoms with van der Waals surface area (Å²) in [6.07, 6.45) is 1.49. The number of rotatable bonds is 4. The van der Waals surface area contributed by atoms with Gasteiger partial charge in [0.2, 0.25) is 0 Å². The van der Waals surface area contributed by atoms with Crippen LogP contribution in [0.2, 0.25) is 0 Å². The van der Waals surface area contributed by atoms with Crippen molar-refractivity contribution in [3.05, 3.63) is 36.1 Å². The van der Waals surface area contributed by atoms with E-state index >= 15 is 0 Å². The van der Waals surface area contributed by atoms with Crippen LogP contribution < -0.4 is 0 Å². The van der Waals surface area contributed by atoms with Gasteiger partial charge in [0, 0.05) is 18.2 Å². The fraction of sp³-hybridized carbons (Fsp3) is 0.250. The zero-order chi connectivity index (χ0) is 10.7. The molecule has 0 aliphatic carbocycles. The highest BCUT2D eigenvalue weighted by Gasteiger charge is 2.03. The van der Waals surface area contributed by atoms with Gasteiger partial charge in [-0.1, -0.05) is 18.2 Å². The highest BCUT2D eigenvalue weighted by molar-refractivity contribution is 5.77. The fourth-order valence-corrected chi connectivity index (χ4v) is 1.57. The Hall–Kier alpha value is -1.77. The molecular formula is C12H12O3. The topological polar surface area (TPSA) is 50.4 Å². The van der Waals surface area contributed by atoms with E-state index in [0.717, 1.165) is 16.7 Å². The van der Waals surface area contributed by atoms with Crippen molar-refractivity contribution < 1.29 is 14.3 Å². The number of aryl methyl sites for hydroxylation is 1. The van der Waals surface area contributed by atoms with E-state index in [1.54, 1.807) is 0 Å². The molecule has 78 valence electrons. The van der Waals surface area contributed by atoms with E-state index in [2.05, 4.69) is 0 Å². The van der Waals surface area contributed by atoms with Crippen LogP contribution in [0.3, 0.4) is 0 Å². The minimum absolute atomic E-state index is 0.192. The number of para-hydroxylation sites is 1. The van der Waals surface area contributed by atoms with Crippen molar-refractivity contribution in [2.24, 2.45) is 0 Å². The largest absolute Gasteiger partial charge is 0.481 e. The number of hydrogen-bond acceptors (Lipinski definition) is 2. The predicted molar refractivity (Wildman–Crippen MR) is 56.8 cm³/mol. The summed E-state index contributed by atoms with van der Waals surface area (Å²) in [6.45, 7) is 0. The third-order valence-corrected chi connectivity index (χ3v) is 2.29. The molecular weight excluding hydrogens is 192 g/mol. The second kappa shape index (κ2) is 4.17. The van der Waals surface area contributed by atoms with E-state index in [9.17, 15) is 4.79 Å². The Balaban J connectivity index is 2.05. The van der Waals surface area contributed by atoms with Crippen LogP contribution in [0.25, 0.3) is 11.0 Å². The van der Waals surface area contributed by atoms with Crippen LogP contribution in [0.1, 0.15) is 18.6 Å². The van der Waals surface area contributed by atoms with Crippen molar-refractivity contribution in [3.63, 3.8) is 0 Å². The van der Waals surface area contributed by atoms with E-state index in [0.29, 0.717) is 12.8 Å². The molecule has 2 aromatic rings. The fourth-order valence-electron chi connectivity index (χ4n) is 1.57. The summed E-state index contributed by atoms with van der Waals surface area (Å²) in [5.41, 5.74) is 0.864. The van der Waals surface area contributed by atoms with E-state index in [-0.39, 0.29) is 6.42 Å². The van der Waals surface area contributed by atoms with Gasteiger partial charge in [0.1, 0.15) is 11.3 Å². The Labute approximate surface area is 87.3 Å². The average molecular weight is 204 g/mol. The second-order valence-electron chi connectivity index (χ2n) is 3.50. The summed E-state index contributed by atoms with van der Waals surface area (Å²) in [4.78, 5) is 10.3. The molecule has 0 aliphatic rings. The Morgan fingerprint density at radius 2 is 2.13 bits per heavy atom. The zero-order valence-electron chi connectivity index (χ0n) is 8.27. The maximum absolute atomic E-state index is 10.3. The first kappa shape index (κ1) is 9.77. The molecule has 0 unspecified atom stereocenters. The predicted octanol–water partition coefficient (Wildman–Crippen LogP) is 2.84. The molecule has 0 bridgehead atoms. The summed E-state index contributed by atoms with van der Waals surface area (Å²) >= 11 is 0. The van der Waals surface area contributed by atoms with Gasteiger partial charge < -0.3 is 9.52 Å². The van der Waals surface area contributed by atoms with E-state index in [1.807, 2.05) is 30.3 Å². The second-order valence-corrected chi connectivity index (χ2v) is 3.50. The molecule has 0 fully saturated rings. The Morgan fingerprint density at radius 3 is 2.87 bits per heavy atom. The molecule has 0 radical (unpaired) electrons. The van der Waals surface area contributed by atoms with E-state index in [1.165, 1.54) is 0 Å². The third kappa shape index (κ3) is 2.37.